The third-order valence-corrected chi connectivity index (χ3v) is 2.03. The summed E-state index contributed by atoms with van der Waals surface area (Å²) in [6.45, 7) is 31.8. The summed E-state index contributed by atoms with van der Waals surface area (Å²) in [5.74, 6) is 2.97. The first-order valence-electron chi connectivity index (χ1n) is 4.67. The van der Waals surface area contributed by atoms with Gasteiger partial charge in [0.05, 0.1) is 0 Å². The van der Waals surface area contributed by atoms with Crippen molar-refractivity contribution >= 4 is 12.6 Å². The van der Waals surface area contributed by atoms with Crippen LogP contribution >= 0.6 is 0 Å². The van der Waals surface area contributed by atoms with Gasteiger partial charge >= 0.3 is 134 Å². The Hall–Kier alpha value is -1.16. The van der Waals surface area contributed by atoms with E-state index < -0.39 is 8.07 Å². The minimum absolute atomic E-state index is 0.683. The van der Waals surface area contributed by atoms with Crippen LogP contribution in [0.25, 0.3) is 0 Å². The molecule has 0 saturated heterocycles. The van der Waals surface area contributed by atoms with Gasteiger partial charge in [-0.15, -0.1) is 0 Å². The van der Waals surface area contributed by atoms with Crippen LogP contribution in [0, 0.1) is 44.7 Å². The van der Waals surface area contributed by atoms with E-state index in [0.717, 1.165) is 4.57 Å². The van der Waals surface area contributed by atoms with Gasteiger partial charge in [0.25, 0.3) is 0 Å². The molecule has 0 aliphatic carbocycles. The molecule has 0 amide bonds. The maximum absolute atomic E-state index is 7.50. The van der Waals surface area contributed by atoms with Crippen molar-refractivity contribution < 1.29 is 43.8 Å². The van der Waals surface area contributed by atoms with Crippen LogP contribution in [-0.4, -0.2) is 19.2 Å². The number of hydrogen-bond acceptors (Lipinski definition) is 1. The molecule has 0 aliphatic rings. The molecule has 0 aromatic rings. The van der Waals surface area contributed by atoms with E-state index in [-0.39, 0.29) is 0 Å². The predicted octanol–water partition coefficient (Wildman–Crippen LogP) is 1.39. The molecule has 8 heteroatoms. The van der Waals surface area contributed by atoms with Crippen LogP contribution in [0.3, 0.4) is 0 Å². The zero-order valence-corrected chi connectivity index (χ0v) is 14.3. The summed E-state index contributed by atoms with van der Waals surface area (Å²) in [7, 11) is -1.23. The molecule has 112 valence electrons. The molecule has 0 spiro atoms. The second-order valence-corrected chi connectivity index (χ2v) is 8.55. The average Bonchev–Trinajstić information content (AvgIpc) is 2.55. The van der Waals surface area contributed by atoms with Crippen molar-refractivity contribution in [1.82, 2.24) is 0 Å². The van der Waals surface area contributed by atoms with E-state index >= 15 is 0 Å². The fraction of sp³-hybridized carbons (Fsp3) is 0.385. The van der Waals surface area contributed by atoms with Crippen molar-refractivity contribution in [2.75, 3.05) is 6.61 Å². The van der Waals surface area contributed by atoms with Crippen LogP contribution < -0.4 is 0 Å². The third kappa shape index (κ3) is 86.9. The first-order valence-corrected chi connectivity index (χ1v) is 8.81. The summed E-state index contributed by atoms with van der Waals surface area (Å²) in [4.78, 5) is 0. The molecule has 0 aliphatic heterocycles. The van der Waals surface area contributed by atoms with Crippen LogP contribution in [0.5, 0.6) is 0 Å². The van der Waals surface area contributed by atoms with Crippen molar-refractivity contribution in [1.29, 1.82) is 0 Å². The Morgan fingerprint density at radius 2 is 1.19 bits per heavy atom. The van der Waals surface area contributed by atoms with E-state index in [1.165, 1.54) is 0 Å². The number of rotatable bonds is 2. The molecule has 0 aromatic heterocycles. The van der Waals surface area contributed by atoms with Crippen molar-refractivity contribution in [3.63, 3.8) is 0 Å². The van der Waals surface area contributed by atoms with Crippen LogP contribution in [0.15, 0.2) is 0 Å². The Bertz CT molecular complexity index is 341. The number of ether oxygens (including phenoxy) is 1. The fourth-order valence-electron chi connectivity index (χ4n) is 0.406. The van der Waals surface area contributed by atoms with E-state index in [2.05, 4.69) is 80.2 Å². The SMILES string of the molecule is CCO[C](=[Cr])C#C[Si](C)(C)C.[C-]#[O+].[C-]#[O+].[C-]#[O+].[C-]#[O+].[C-]#[O+]. The first-order chi connectivity index (χ1) is 9.95. The monoisotopic (exact) mass is 346 g/mol. The van der Waals surface area contributed by atoms with Crippen molar-refractivity contribution in [2.24, 2.45) is 0 Å². The van der Waals surface area contributed by atoms with Gasteiger partial charge < -0.3 is 0 Å². The molecule has 0 fully saturated rings. The summed E-state index contributed by atoms with van der Waals surface area (Å²) >= 11 is 2.79. The molecule has 0 aromatic carbocycles. The van der Waals surface area contributed by atoms with Crippen LogP contribution in [0.4, 0.5) is 0 Å². The summed E-state index contributed by atoms with van der Waals surface area (Å²) in [6, 6.07) is 0. The maximum atomic E-state index is 7.50. The number of hydrogen-bond donors (Lipinski definition) is 0. The standard InChI is InChI=1S/C8H14OSi.5CO.Cr/c1-5-9-7-6-8-10(2,3)4;5*1-2;/h5H2,1-4H3;;;;;;. The normalized spacial score (nSPS) is 5.81. The Labute approximate surface area is 134 Å². The molecule has 0 saturated carbocycles. The van der Waals surface area contributed by atoms with Gasteiger partial charge in [-0.3, -0.25) is 0 Å². The van der Waals surface area contributed by atoms with E-state index in [9.17, 15) is 0 Å². The van der Waals surface area contributed by atoms with Crippen molar-refractivity contribution in [3.05, 3.63) is 33.3 Å². The molecule has 0 N–H and O–H groups in total. The van der Waals surface area contributed by atoms with E-state index in [4.69, 9.17) is 28.0 Å². The van der Waals surface area contributed by atoms with Gasteiger partial charge in [-0.05, 0) is 0 Å². The van der Waals surface area contributed by atoms with Gasteiger partial charge in [-0.1, -0.05) is 0 Å². The summed E-state index contributed by atoms with van der Waals surface area (Å²) < 4.78 is 43.4. The Kier molecular flexibility index (Phi) is 74.9. The van der Waals surface area contributed by atoms with E-state index in [1.54, 1.807) is 0 Å². The summed E-state index contributed by atoms with van der Waals surface area (Å²) in [6.07, 6.45) is 0. The fourth-order valence-corrected chi connectivity index (χ4v) is 1.31. The van der Waals surface area contributed by atoms with E-state index in [1.807, 2.05) is 6.92 Å². The van der Waals surface area contributed by atoms with Crippen LogP contribution in [0.2, 0.25) is 19.6 Å². The molecule has 21 heavy (non-hydrogen) atoms. The molecular weight excluding hydrogens is 332 g/mol. The van der Waals surface area contributed by atoms with Crippen LogP contribution in [0.1, 0.15) is 6.92 Å². The Morgan fingerprint density at radius 3 is 1.38 bits per heavy atom. The van der Waals surface area contributed by atoms with Gasteiger partial charge in [0, 0.05) is 0 Å². The van der Waals surface area contributed by atoms with Gasteiger partial charge in [0.15, 0.2) is 0 Å². The summed E-state index contributed by atoms with van der Waals surface area (Å²) in [5.41, 5.74) is 3.20. The average molecular weight is 346 g/mol. The molecule has 0 heterocycles. The molecule has 0 radical (unpaired) electrons. The topological polar surface area (TPSA) is 109 Å². The van der Waals surface area contributed by atoms with E-state index in [0.29, 0.717) is 6.61 Å². The van der Waals surface area contributed by atoms with Crippen LogP contribution in [-0.2, 0) is 43.8 Å². The van der Waals surface area contributed by atoms with Gasteiger partial charge in [0.2, 0.25) is 0 Å². The molecule has 0 atom stereocenters. The second-order valence-electron chi connectivity index (χ2n) is 3.22. The zero-order valence-electron chi connectivity index (χ0n) is 12.1. The van der Waals surface area contributed by atoms with Gasteiger partial charge in [-0.2, -0.15) is 0 Å². The Morgan fingerprint density at radius 1 is 0.905 bits per heavy atom. The second kappa shape index (κ2) is 42.8. The van der Waals surface area contributed by atoms with Crippen molar-refractivity contribution in [3.8, 4) is 11.5 Å². The van der Waals surface area contributed by atoms with Crippen molar-refractivity contribution in [2.45, 2.75) is 26.6 Å². The zero-order chi connectivity index (χ0) is 18.9. The Balaban J connectivity index is -0.0000000474. The van der Waals surface area contributed by atoms with Gasteiger partial charge in [0.1, 0.15) is 0 Å². The third-order valence-electron chi connectivity index (χ3n) is 0.815. The first kappa shape index (κ1) is 36.8. The molecular formula is C13H14CrO6Si. The predicted molar refractivity (Wildman–Crippen MR) is 67.4 cm³/mol. The minimum atomic E-state index is -1.23. The van der Waals surface area contributed by atoms with Gasteiger partial charge in [-0.25, -0.2) is 0 Å². The molecule has 6 nitrogen and oxygen atoms in total. The molecule has 0 rings (SSSR count). The molecule has 0 bridgehead atoms. The summed E-state index contributed by atoms with van der Waals surface area (Å²) in [5, 5.41) is 0. The quantitative estimate of drug-likeness (QED) is 0.320. The molecule has 0 unspecified atom stereocenters.